The van der Waals surface area contributed by atoms with Gasteiger partial charge in [-0.15, -0.1) is 0 Å². The van der Waals surface area contributed by atoms with Gasteiger partial charge in [-0.25, -0.2) is 4.57 Å². The molecule has 0 rings (SSSR count). The van der Waals surface area contributed by atoms with Crippen molar-refractivity contribution in [2.45, 2.75) is 167 Å². The topological polar surface area (TPSA) is 105 Å². The van der Waals surface area contributed by atoms with Gasteiger partial charge in [-0.1, -0.05) is 146 Å². The molecule has 292 valence electrons. The number of quaternary nitrogens is 1. The van der Waals surface area contributed by atoms with Gasteiger partial charge >= 0.3 is 7.82 Å². The van der Waals surface area contributed by atoms with Gasteiger partial charge in [0.1, 0.15) is 13.2 Å². The smallest absolute Gasteiger partial charge is 0.391 e. The molecule has 9 heteroatoms. The molecule has 0 aromatic carbocycles. The summed E-state index contributed by atoms with van der Waals surface area (Å²) in [6.07, 6.45) is 39.9. The molecule has 50 heavy (non-hydrogen) atoms. The summed E-state index contributed by atoms with van der Waals surface area (Å²) in [7, 11) is 1.58. The fourth-order valence-electron chi connectivity index (χ4n) is 5.39. The van der Waals surface area contributed by atoms with Gasteiger partial charge in [-0.3, -0.25) is 13.8 Å². The molecule has 0 radical (unpaired) electrons. The molecule has 1 amide bonds. The summed E-state index contributed by atoms with van der Waals surface area (Å²) in [6.45, 7) is 4.71. The van der Waals surface area contributed by atoms with Crippen LogP contribution in [0.5, 0.6) is 0 Å². The first kappa shape index (κ1) is 48.5. The molecule has 0 aliphatic carbocycles. The number of hydrogen-bond acceptors (Lipinski definition) is 5. The number of carbonyl (C=O) groups is 1. The molecule has 0 heterocycles. The molecule has 0 aromatic heterocycles. The Morgan fingerprint density at radius 3 is 1.72 bits per heavy atom. The Morgan fingerprint density at radius 1 is 0.700 bits per heavy atom. The van der Waals surface area contributed by atoms with Crippen molar-refractivity contribution in [1.29, 1.82) is 0 Å². The average Bonchev–Trinajstić information content (AvgIpc) is 3.06. The third-order valence-corrected chi connectivity index (χ3v) is 9.58. The number of hydrogen-bond donors (Lipinski definition) is 3. The van der Waals surface area contributed by atoms with E-state index in [-0.39, 0.29) is 19.1 Å². The highest BCUT2D eigenvalue weighted by Gasteiger charge is 2.28. The van der Waals surface area contributed by atoms with Gasteiger partial charge in [0, 0.05) is 6.42 Å². The SMILES string of the molecule is CC/C=C\C/C=C\C/C=C\C/C=C\CCCCC(=O)NC(COP(=O)(O)OCC[N+](C)(C)C)C(O)CCCCCCCCCCCCCCC. The predicted octanol–water partition coefficient (Wildman–Crippen LogP) is 10.5. The number of carbonyl (C=O) groups excluding carboxylic acids is 1. The minimum atomic E-state index is -4.32. The second kappa shape index (κ2) is 33.3. The Labute approximate surface area is 308 Å². The summed E-state index contributed by atoms with van der Waals surface area (Å²) in [4.78, 5) is 23.0. The van der Waals surface area contributed by atoms with Crippen molar-refractivity contribution in [2.75, 3.05) is 40.9 Å². The molecular formula is C41H78N2O6P+. The fraction of sp³-hybridized carbons (Fsp3) is 0.780. The summed E-state index contributed by atoms with van der Waals surface area (Å²) in [5.74, 6) is -0.188. The summed E-state index contributed by atoms with van der Waals surface area (Å²) < 4.78 is 23.5. The van der Waals surface area contributed by atoms with E-state index in [9.17, 15) is 19.4 Å². The Bertz CT molecular complexity index is 959. The Kier molecular flexibility index (Phi) is 32.3. The summed E-state index contributed by atoms with van der Waals surface area (Å²) in [5, 5.41) is 13.9. The number of nitrogens with zero attached hydrogens (tertiary/aromatic N) is 1. The third kappa shape index (κ3) is 34.9. The van der Waals surface area contributed by atoms with Crippen LogP contribution in [0.25, 0.3) is 0 Å². The van der Waals surface area contributed by atoms with Crippen LogP contribution in [-0.2, 0) is 18.4 Å². The largest absolute Gasteiger partial charge is 0.472 e. The molecule has 0 saturated carbocycles. The molecule has 0 saturated heterocycles. The molecule has 0 fully saturated rings. The van der Waals surface area contributed by atoms with Crippen LogP contribution >= 0.6 is 7.82 Å². The normalized spacial score (nSPS) is 15.1. The molecule has 0 bridgehead atoms. The van der Waals surface area contributed by atoms with Crippen molar-refractivity contribution in [3.8, 4) is 0 Å². The van der Waals surface area contributed by atoms with E-state index in [0.29, 0.717) is 23.9 Å². The highest BCUT2D eigenvalue weighted by Crippen LogP contribution is 2.43. The number of nitrogens with one attached hydrogen (secondary N) is 1. The predicted molar refractivity (Wildman–Crippen MR) is 212 cm³/mol. The van der Waals surface area contributed by atoms with E-state index in [0.717, 1.165) is 64.2 Å². The van der Waals surface area contributed by atoms with Crippen molar-refractivity contribution >= 4 is 13.7 Å². The maximum absolute atomic E-state index is 12.8. The Balaban J connectivity index is 4.54. The highest BCUT2D eigenvalue weighted by atomic mass is 31.2. The first-order valence-electron chi connectivity index (χ1n) is 20.0. The van der Waals surface area contributed by atoms with Gasteiger partial charge in [0.2, 0.25) is 5.91 Å². The number of phosphoric ester groups is 1. The van der Waals surface area contributed by atoms with E-state index in [1.807, 2.05) is 21.1 Å². The quantitative estimate of drug-likeness (QED) is 0.0260. The standard InChI is InChI=1S/C41H77N2O6P/c1-6-8-10-12-14-16-18-20-21-23-25-27-29-31-33-35-41(45)42-39(38-49-50(46,47)48-37-36-43(3,4)5)40(44)34-32-30-28-26-24-22-19-17-15-13-11-9-7-2/h8,10,14,16,20-21,25,27,39-40,44H,6-7,9,11-13,15,17-19,22-24,26,28-38H2,1-5H3,(H-,42,45,46,47)/p+1/b10-8-,16-14-,21-20-,27-25-. The average molecular weight is 726 g/mol. The van der Waals surface area contributed by atoms with Crippen LogP contribution in [0.2, 0.25) is 0 Å². The summed E-state index contributed by atoms with van der Waals surface area (Å²) in [5.41, 5.74) is 0. The number of aliphatic hydroxyl groups is 1. The van der Waals surface area contributed by atoms with Crippen LogP contribution in [0, 0.1) is 0 Å². The first-order valence-corrected chi connectivity index (χ1v) is 21.5. The van der Waals surface area contributed by atoms with E-state index < -0.39 is 20.0 Å². The second-order valence-corrected chi connectivity index (χ2v) is 16.1. The van der Waals surface area contributed by atoms with Crippen molar-refractivity contribution in [2.24, 2.45) is 0 Å². The summed E-state index contributed by atoms with van der Waals surface area (Å²) >= 11 is 0. The zero-order valence-corrected chi connectivity index (χ0v) is 33.8. The van der Waals surface area contributed by atoms with Crippen LogP contribution < -0.4 is 5.32 Å². The fourth-order valence-corrected chi connectivity index (χ4v) is 6.12. The second-order valence-electron chi connectivity index (χ2n) is 14.6. The van der Waals surface area contributed by atoms with Gasteiger partial charge in [0.05, 0.1) is 39.9 Å². The number of unbranched alkanes of at least 4 members (excludes halogenated alkanes) is 14. The zero-order chi connectivity index (χ0) is 37.2. The van der Waals surface area contributed by atoms with Crippen LogP contribution in [0.15, 0.2) is 48.6 Å². The van der Waals surface area contributed by atoms with Gasteiger partial charge in [0.25, 0.3) is 0 Å². The molecule has 3 N–H and O–H groups in total. The van der Waals surface area contributed by atoms with E-state index in [4.69, 9.17) is 9.05 Å². The minimum absolute atomic E-state index is 0.0646. The van der Waals surface area contributed by atoms with E-state index in [1.165, 1.54) is 64.2 Å². The first-order chi connectivity index (χ1) is 24.0. The molecule has 0 aromatic rings. The van der Waals surface area contributed by atoms with Gasteiger partial charge in [-0.2, -0.15) is 0 Å². The van der Waals surface area contributed by atoms with E-state index >= 15 is 0 Å². The summed E-state index contributed by atoms with van der Waals surface area (Å²) in [6, 6.07) is -0.781. The zero-order valence-electron chi connectivity index (χ0n) is 32.9. The lowest BCUT2D eigenvalue weighted by Crippen LogP contribution is -2.46. The maximum atomic E-state index is 12.8. The molecule has 0 aliphatic heterocycles. The minimum Gasteiger partial charge on any atom is -0.391 e. The highest BCUT2D eigenvalue weighted by molar-refractivity contribution is 7.47. The van der Waals surface area contributed by atoms with Crippen molar-refractivity contribution in [3.63, 3.8) is 0 Å². The van der Waals surface area contributed by atoms with Crippen LogP contribution in [0.4, 0.5) is 0 Å². The molecular weight excluding hydrogens is 647 g/mol. The van der Waals surface area contributed by atoms with Crippen molar-refractivity contribution < 1.29 is 32.9 Å². The van der Waals surface area contributed by atoms with Crippen LogP contribution in [0.3, 0.4) is 0 Å². The lowest BCUT2D eigenvalue weighted by atomic mass is 10.0. The number of amides is 1. The number of phosphoric acid groups is 1. The Morgan fingerprint density at radius 2 is 1.20 bits per heavy atom. The molecule has 0 aliphatic rings. The lowest BCUT2D eigenvalue weighted by Gasteiger charge is -2.26. The number of aliphatic hydroxyl groups excluding tert-OH is 1. The van der Waals surface area contributed by atoms with Gasteiger partial charge in [-0.05, 0) is 51.4 Å². The Hall–Kier alpha value is -1.54. The monoisotopic (exact) mass is 726 g/mol. The van der Waals surface area contributed by atoms with Gasteiger partial charge in [0.15, 0.2) is 0 Å². The molecule has 3 atom stereocenters. The van der Waals surface area contributed by atoms with E-state index in [2.05, 4.69) is 67.8 Å². The number of rotatable bonds is 35. The molecule has 3 unspecified atom stereocenters. The van der Waals surface area contributed by atoms with Crippen LogP contribution in [0.1, 0.15) is 155 Å². The van der Waals surface area contributed by atoms with E-state index in [1.54, 1.807) is 0 Å². The third-order valence-electron chi connectivity index (χ3n) is 8.59. The lowest BCUT2D eigenvalue weighted by molar-refractivity contribution is -0.870. The number of likely N-dealkylation sites (N-methyl/N-ethyl adjacent to an activating group) is 1. The maximum Gasteiger partial charge on any atom is 0.472 e. The molecule has 0 spiro atoms. The van der Waals surface area contributed by atoms with Crippen molar-refractivity contribution in [3.05, 3.63) is 48.6 Å². The number of allylic oxidation sites excluding steroid dienone is 8. The van der Waals surface area contributed by atoms with Crippen LogP contribution in [-0.4, -0.2) is 73.4 Å². The van der Waals surface area contributed by atoms with Gasteiger partial charge < -0.3 is 19.8 Å². The van der Waals surface area contributed by atoms with Crippen molar-refractivity contribution in [1.82, 2.24) is 5.32 Å². The molecule has 8 nitrogen and oxygen atoms in total.